The molecule has 0 fully saturated rings. The number of aromatic nitrogens is 1. The molecule has 3 aromatic rings. The predicted molar refractivity (Wildman–Crippen MR) is 88.2 cm³/mol. The zero-order valence-electron chi connectivity index (χ0n) is 11.4. The van der Waals surface area contributed by atoms with E-state index in [1.807, 2.05) is 17.5 Å². The quantitative estimate of drug-likeness (QED) is 0.759. The number of nitrogens with two attached hydrogens (primary N) is 1. The van der Waals surface area contributed by atoms with Crippen LogP contribution in [-0.4, -0.2) is 16.1 Å². The normalized spacial score (nSPS) is 10.7. The highest BCUT2D eigenvalue weighted by molar-refractivity contribution is 7.23. The van der Waals surface area contributed by atoms with Crippen LogP contribution in [0, 0.1) is 11.3 Å². The van der Waals surface area contributed by atoms with Gasteiger partial charge in [-0.3, -0.25) is 0 Å². The average molecular weight is 329 g/mol. The molecule has 3 rings (SSSR count). The molecule has 0 bridgehead atoms. The monoisotopic (exact) mass is 329 g/mol. The van der Waals surface area contributed by atoms with Gasteiger partial charge in [0.2, 0.25) is 0 Å². The Kier molecular flexibility index (Phi) is 3.79. The molecule has 0 saturated heterocycles. The number of carboxylic acid groups (broad SMARTS) is 1. The second kappa shape index (κ2) is 5.75. The highest BCUT2D eigenvalue weighted by Gasteiger charge is 2.16. The third-order valence-corrected chi connectivity index (χ3v) is 5.45. The van der Waals surface area contributed by atoms with Crippen molar-refractivity contribution >= 4 is 44.5 Å². The van der Waals surface area contributed by atoms with Gasteiger partial charge in [-0.15, -0.1) is 22.7 Å². The summed E-state index contributed by atoms with van der Waals surface area (Å²) in [5, 5.41) is 20.6. The van der Waals surface area contributed by atoms with Crippen molar-refractivity contribution < 1.29 is 9.90 Å². The Labute approximate surface area is 134 Å². The van der Waals surface area contributed by atoms with Crippen molar-refractivity contribution in [3.8, 4) is 16.5 Å². The summed E-state index contributed by atoms with van der Waals surface area (Å²) < 4.78 is 0.639. The molecule has 0 aliphatic heterocycles. The molecule has 0 aliphatic rings. The number of nitrogens with zero attached hydrogens (tertiary/aromatic N) is 2. The predicted octanol–water partition coefficient (Wildman–Crippen LogP) is 3.76. The fraction of sp³-hybridized carbons (Fsp3) is 0.133. The number of aryl methyl sites for hydroxylation is 1. The Morgan fingerprint density at radius 1 is 1.45 bits per heavy atom. The van der Waals surface area contributed by atoms with E-state index in [1.165, 1.54) is 17.5 Å². The first-order valence-electron chi connectivity index (χ1n) is 6.46. The van der Waals surface area contributed by atoms with Gasteiger partial charge in [0.15, 0.2) is 0 Å². The van der Waals surface area contributed by atoms with Crippen molar-refractivity contribution in [2.24, 2.45) is 0 Å². The Balaban J connectivity index is 2.07. The fourth-order valence-electron chi connectivity index (χ4n) is 2.16. The number of pyridine rings is 1. The first-order valence-corrected chi connectivity index (χ1v) is 8.16. The van der Waals surface area contributed by atoms with E-state index in [2.05, 4.69) is 11.1 Å². The van der Waals surface area contributed by atoms with Crippen molar-refractivity contribution in [1.82, 2.24) is 4.98 Å². The van der Waals surface area contributed by atoms with Crippen LogP contribution in [-0.2, 0) is 6.42 Å². The van der Waals surface area contributed by atoms with Gasteiger partial charge in [-0.25, -0.2) is 9.78 Å². The van der Waals surface area contributed by atoms with Crippen LogP contribution in [0.25, 0.3) is 20.5 Å². The lowest BCUT2D eigenvalue weighted by Gasteiger charge is -1.98. The van der Waals surface area contributed by atoms with E-state index in [0.29, 0.717) is 22.3 Å². The zero-order chi connectivity index (χ0) is 15.7. The number of hydrogen-bond acceptors (Lipinski definition) is 6. The third-order valence-electron chi connectivity index (χ3n) is 3.24. The molecule has 0 spiro atoms. The number of aromatic carboxylic acids is 1. The SMILES string of the molecule is N#CCCc1cc(-c2cc3c(N)ncc(C(=O)O)c3s2)cs1. The summed E-state index contributed by atoms with van der Waals surface area (Å²) in [6, 6.07) is 6.05. The summed E-state index contributed by atoms with van der Waals surface area (Å²) in [5.74, 6) is -0.673. The van der Waals surface area contributed by atoms with Gasteiger partial charge in [-0.05, 0) is 23.9 Å². The van der Waals surface area contributed by atoms with Gasteiger partial charge in [0.05, 0.1) is 16.3 Å². The maximum absolute atomic E-state index is 11.3. The van der Waals surface area contributed by atoms with Gasteiger partial charge in [-0.1, -0.05) is 0 Å². The Bertz CT molecular complexity index is 905. The molecule has 110 valence electrons. The molecular weight excluding hydrogens is 318 g/mol. The van der Waals surface area contributed by atoms with Crippen LogP contribution >= 0.6 is 22.7 Å². The number of hydrogen-bond donors (Lipinski definition) is 2. The van der Waals surface area contributed by atoms with Gasteiger partial charge >= 0.3 is 5.97 Å². The number of carboxylic acids is 1. The minimum atomic E-state index is -1.01. The first kappa shape index (κ1) is 14.5. The van der Waals surface area contributed by atoms with Crippen LogP contribution in [0.4, 0.5) is 5.82 Å². The lowest BCUT2D eigenvalue weighted by Crippen LogP contribution is -1.99. The number of nitrogen functional groups attached to an aromatic ring is 1. The summed E-state index contributed by atoms with van der Waals surface area (Å²) in [7, 11) is 0. The van der Waals surface area contributed by atoms with Gasteiger partial charge < -0.3 is 10.8 Å². The minimum Gasteiger partial charge on any atom is -0.478 e. The number of anilines is 1. The standard InChI is InChI=1S/C15H11N3O2S2/c16-3-1-2-9-4-8(7-21-9)12-5-10-13(22-12)11(15(19)20)6-18-14(10)17/h4-7H,1-2H2,(H2,17,18)(H,19,20). The van der Waals surface area contributed by atoms with Crippen LogP contribution < -0.4 is 5.73 Å². The molecule has 7 heteroatoms. The molecular formula is C15H11N3O2S2. The molecule has 0 aliphatic carbocycles. The molecule has 0 aromatic carbocycles. The summed E-state index contributed by atoms with van der Waals surface area (Å²) in [5.41, 5.74) is 7.05. The summed E-state index contributed by atoms with van der Waals surface area (Å²) in [4.78, 5) is 17.3. The maximum Gasteiger partial charge on any atom is 0.338 e. The molecule has 3 heterocycles. The van der Waals surface area contributed by atoms with E-state index in [0.717, 1.165) is 21.7 Å². The molecule has 0 unspecified atom stereocenters. The Morgan fingerprint density at radius 2 is 2.27 bits per heavy atom. The van der Waals surface area contributed by atoms with Crippen molar-refractivity contribution in [2.45, 2.75) is 12.8 Å². The van der Waals surface area contributed by atoms with Crippen LogP contribution in [0.2, 0.25) is 0 Å². The molecule has 0 saturated carbocycles. The Hall–Kier alpha value is -2.43. The highest BCUT2D eigenvalue weighted by Crippen LogP contribution is 2.39. The third kappa shape index (κ3) is 2.54. The topological polar surface area (TPSA) is 100 Å². The van der Waals surface area contributed by atoms with Gasteiger partial charge in [0.25, 0.3) is 0 Å². The van der Waals surface area contributed by atoms with E-state index in [-0.39, 0.29) is 5.56 Å². The highest BCUT2D eigenvalue weighted by atomic mass is 32.1. The van der Waals surface area contributed by atoms with Gasteiger partial charge in [0, 0.05) is 33.3 Å². The zero-order valence-corrected chi connectivity index (χ0v) is 13.0. The maximum atomic E-state index is 11.3. The Morgan fingerprint density at radius 3 is 3.00 bits per heavy atom. The number of thiophene rings is 2. The van der Waals surface area contributed by atoms with Crippen molar-refractivity contribution in [3.05, 3.63) is 34.2 Å². The molecule has 0 amide bonds. The van der Waals surface area contributed by atoms with Crippen LogP contribution in [0.5, 0.6) is 0 Å². The van der Waals surface area contributed by atoms with E-state index < -0.39 is 5.97 Å². The molecule has 5 nitrogen and oxygen atoms in total. The second-order valence-corrected chi connectivity index (χ2v) is 6.72. The molecule has 3 aromatic heterocycles. The largest absolute Gasteiger partial charge is 0.478 e. The number of fused-ring (bicyclic) bond motifs is 1. The lowest BCUT2D eigenvalue weighted by molar-refractivity contribution is 0.0699. The van der Waals surface area contributed by atoms with Crippen LogP contribution in [0.1, 0.15) is 21.7 Å². The molecule has 0 atom stereocenters. The van der Waals surface area contributed by atoms with Crippen LogP contribution in [0.15, 0.2) is 23.7 Å². The fourth-order valence-corrected chi connectivity index (χ4v) is 4.28. The summed E-state index contributed by atoms with van der Waals surface area (Å²) >= 11 is 3.00. The first-order chi connectivity index (χ1) is 10.6. The number of carbonyl (C=O) groups is 1. The van der Waals surface area contributed by atoms with Crippen molar-refractivity contribution in [1.29, 1.82) is 5.26 Å². The summed E-state index contributed by atoms with van der Waals surface area (Å²) in [6.07, 6.45) is 2.52. The smallest absolute Gasteiger partial charge is 0.338 e. The molecule has 3 N–H and O–H groups in total. The van der Waals surface area contributed by atoms with E-state index in [1.54, 1.807) is 11.3 Å². The van der Waals surface area contributed by atoms with E-state index in [9.17, 15) is 9.90 Å². The minimum absolute atomic E-state index is 0.167. The number of nitriles is 1. The van der Waals surface area contributed by atoms with Gasteiger partial charge in [0.1, 0.15) is 5.82 Å². The van der Waals surface area contributed by atoms with E-state index >= 15 is 0 Å². The average Bonchev–Trinajstić information content (AvgIpc) is 3.12. The van der Waals surface area contributed by atoms with E-state index in [4.69, 9.17) is 11.0 Å². The van der Waals surface area contributed by atoms with Crippen LogP contribution in [0.3, 0.4) is 0 Å². The lowest BCUT2D eigenvalue weighted by atomic mass is 10.2. The molecule has 22 heavy (non-hydrogen) atoms. The van der Waals surface area contributed by atoms with Crippen molar-refractivity contribution in [2.75, 3.05) is 5.73 Å². The molecule has 0 radical (unpaired) electrons. The van der Waals surface area contributed by atoms with Crippen molar-refractivity contribution in [3.63, 3.8) is 0 Å². The summed E-state index contributed by atoms with van der Waals surface area (Å²) in [6.45, 7) is 0. The van der Waals surface area contributed by atoms with Gasteiger partial charge in [-0.2, -0.15) is 5.26 Å². The number of rotatable bonds is 4. The second-order valence-electron chi connectivity index (χ2n) is 4.68.